The van der Waals surface area contributed by atoms with Gasteiger partial charge >= 0.3 is 0 Å². The van der Waals surface area contributed by atoms with Crippen LogP contribution in [0, 0.1) is 11.8 Å². The second-order valence-electron chi connectivity index (χ2n) is 11.2. The Bertz CT molecular complexity index is 1340. The van der Waals surface area contributed by atoms with Crippen molar-refractivity contribution < 1.29 is 45.0 Å². The van der Waals surface area contributed by atoms with Crippen LogP contribution in [0.3, 0.4) is 0 Å². The normalized spacial score (nSPS) is 30.8. The van der Waals surface area contributed by atoms with Crippen LogP contribution in [0.2, 0.25) is 0 Å². The highest BCUT2D eigenvalue weighted by atomic mass is 16.4. The smallest absolute Gasteiger partial charge is 0.255 e. The number of hydrogen-bond acceptors (Lipinski definition) is 12. The summed E-state index contributed by atoms with van der Waals surface area (Å²) < 4.78 is 0. The Morgan fingerprint density at radius 3 is 2.30 bits per heavy atom. The molecule has 0 aromatic heterocycles. The number of carbonyl (C=O) groups excluding carboxylic acids is 3. The van der Waals surface area contributed by atoms with Crippen LogP contribution in [0.5, 0.6) is 5.75 Å². The lowest BCUT2D eigenvalue weighted by Gasteiger charge is -2.53. The zero-order valence-corrected chi connectivity index (χ0v) is 22.9. The van der Waals surface area contributed by atoms with Crippen LogP contribution in [0.25, 0.3) is 5.76 Å². The molecule has 0 spiro atoms. The molecule has 1 fully saturated rings. The van der Waals surface area contributed by atoms with Crippen molar-refractivity contribution in [1.29, 1.82) is 0 Å². The molecule has 1 aromatic rings. The minimum absolute atomic E-state index is 0.105. The van der Waals surface area contributed by atoms with Gasteiger partial charge in [-0.3, -0.25) is 19.3 Å². The van der Waals surface area contributed by atoms with Crippen molar-refractivity contribution in [2.24, 2.45) is 17.6 Å². The quantitative estimate of drug-likeness (QED) is 0.146. The van der Waals surface area contributed by atoms with E-state index < -0.39 is 81.4 Å². The van der Waals surface area contributed by atoms with Gasteiger partial charge in [0.05, 0.1) is 35.9 Å². The van der Waals surface area contributed by atoms with Crippen LogP contribution in [0.4, 0.5) is 5.69 Å². The van der Waals surface area contributed by atoms with E-state index in [9.17, 15) is 45.0 Å². The number of aliphatic hydroxyl groups is 5. The predicted octanol–water partition coefficient (Wildman–Crippen LogP) is -1.17. The molecule has 0 saturated heterocycles. The van der Waals surface area contributed by atoms with Crippen molar-refractivity contribution in [1.82, 2.24) is 9.80 Å². The van der Waals surface area contributed by atoms with Crippen LogP contribution < -0.4 is 11.1 Å². The summed E-state index contributed by atoms with van der Waals surface area (Å²) in [4.78, 5) is 42.5. The molecule has 0 radical (unpaired) electrons. The van der Waals surface area contributed by atoms with Crippen molar-refractivity contribution in [3.63, 3.8) is 0 Å². The summed E-state index contributed by atoms with van der Waals surface area (Å²) in [6.45, 7) is 1.74. The Hall–Kier alpha value is -3.49. The molecule has 9 N–H and O–H groups in total. The van der Waals surface area contributed by atoms with Gasteiger partial charge in [0.15, 0.2) is 11.4 Å². The van der Waals surface area contributed by atoms with Gasteiger partial charge < -0.3 is 46.6 Å². The molecule has 4 rings (SSSR count). The lowest BCUT2D eigenvalue weighted by molar-refractivity contribution is -0.169. The number of aromatic hydroxyl groups is 1. The van der Waals surface area contributed by atoms with E-state index in [1.807, 2.05) is 0 Å². The van der Waals surface area contributed by atoms with E-state index in [0.29, 0.717) is 5.56 Å². The highest BCUT2D eigenvalue weighted by molar-refractivity contribution is 6.24. The van der Waals surface area contributed by atoms with Crippen molar-refractivity contribution in [2.75, 3.05) is 46.7 Å². The lowest BCUT2D eigenvalue weighted by Crippen LogP contribution is -2.70. The highest BCUT2D eigenvalue weighted by Gasteiger charge is 2.68. The fourth-order valence-electron chi connectivity index (χ4n) is 6.40. The Balaban J connectivity index is 1.91. The van der Waals surface area contributed by atoms with Gasteiger partial charge in [-0.05, 0) is 45.7 Å². The number of phenolic OH excluding ortho intramolecular Hbond substituents is 1. The molecule has 0 aliphatic heterocycles. The number of primary amides is 1. The Kier molecular flexibility index (Phi) is 7.49. The number of ketones is 2. The number of nitrogens with zero attached hydrogens (tertiary/aromatic N) is 2. The number of likely N-dealkylation sites (N-methyl/N-ethyl adjacent to an activating group) is 2. The molecule has 0 bridgehead atoms. The first-order valence-corrected chi connectivity index (χ1v) is 12.8. The SMILES string of the molecule is CC1c2ccc(NCC(CO)N(C)C)c(O)c2C(O)=C2C(=O)C3(O)C(O)=C(C(N)=O)C(=O)[C@@H](N(C)C)C3C(O)C21. The summed E-state index contributed by atoms with van der Waals surface area (Å²) in [5.41, 5.74) is 1.44. The van der Waals surface area contributed by atoms with Gasteiger partial charge in [0.1, 0.15) is 22.8 Å². The average molecular weight is 561 g/mol. The number of fused-ring (bicyclic) bond motifs is 3. The molecule has 0 heterocycles. The second-order valence-corrected chi connectivity index (χ2v) is 11.2. The Morgan fingerprint density at radius 2 is 1.77 bits per heavy atom. The first-order valence-electron chi connectivity index (χ1n) is 12.8. The number of Topliss-reactive ketones (excluding diaryl/α,β-unsaturated/α-hetero) is 2. The minimum Gasteiger partial charge on any atom is -0.508 e. The van der Waals surface area contributed by atoms with Crippen molar-refractivity contribution in [3.05, 3.63) is 40.2 Å². The standard InChI is InChI=1S/C27H36N4O9/c1-10-12-6-7-13(29-8-11(9-32)30(2)3)20(33)15(12)21(34)16-14(10)22(35)18-19(31(4)5)23(36)17(26(28)39)25(38)27(18,40)24(16)37/h6-7,10-11,14,18-19,22,29,32-35,38,40H,8-9H2,1-5H3,(H2,28,39)/t10?,11?,14?,18?,19-,22?,27?/m0/s1. The van der Waals surface area contributed by atoms with Crippen LogP contribution in [-0.4, -0.2) is 123 Å². The molecule has 7 atom stereocenters. The van der Waals surface area contributed by atoms with Crippen molar-refractivity contribution >= 4 is 28.9 Å². The molecule has 13 nitrogen and oxygen atoms in total. The van der Waals surface area contributed by atoms with E-state index in [1.54, 1.807) is 38.1 Å². The number of carbonyl (C=O) groups is 3. The van der Waals surface area contributed by atoms with Gasteiger partial charge in [-0.2, -0.15) is 0 Å². The molecule has 13 heteroatoms. The molecule has 1 aromatic carbocycles. The third-order valence-electron chi connectivity index (χ3n) is 8.60. The highest BCUT2D eigenvalue weighted by Crippen LogP contribution is 2.56. The number of phenols is 1. The maximum Gasteiger partial charge on any atom is 0.255 e. The van der Waals surface area contributed by atoms with Gasteiger partial charge in [-0.15, -0.1) is 0 Å². The largest absolute Gasteiger partial charge is 0.508 e. The first-order chi connectivity index (χ1) is 18.6. The number of nitrogens with two attached hydrogens (primary N) is 1. The van der Waals surface area contributed by atoms with Gasteiger partial charge in [-0.25, -0.2) is 0 Å². The predicted molar refractivity (Wildman–Crippen MR) is 143 cm³/mol. The lowest BCUT2D eigenvalue weighted by atomic mass is 9.54. The summed E-state index contributed by atoms with van der Waals surface area (Å²) in [7, 11) is 6.46. The molecular formula is C27H36N4O9. The van der Waals surface area contributed by atoms with E-state index in [4.69, 9.17) is 5.73 Å². The number of amides is 1. The van der Waals surface area contributed by atoms with Crippen molar-refractivity contribution in [3.8, 4) is 5.75 Å². The fraction of sp³-hybridized carbons (Fsp3) is 0.519. The zero-order chi connectivity index (χ0) is 30.0. The maximum atomic E-state index is 14.0. The zero-order valence-electron chi connectivity index (χ0n) is 22.9. The maximum absolute atomic E-state index is 14.0. The number of benzene rings is 1. The fourth-order valence-corrected chi connectivity index (χ4v) is 6.40. The van der Waals surface area contributed by atoms with Gasteiger partial charge in [0, 0.05) is 24.1 Å². The summed E-state index contributed by atoms with van der Waals surface area (Å²) in [5, 5.41) is 69.5. The molecule has 218 valence electrons. The van der Waals surface area contributed by atoms with E-state index >= 15 is 0 Å². The number of aliphatic hydroxyl groups excluding tert-OH is 4. The third kappa shape index (κ3) is 3.99. The van der Waals surface area contributed by atoms with E-state index in [0.717, 1.165) is 0 Å². The number of anilines is 1. The van der Waals surface area contributed by atoms with E-state index in [1.165, 1.54) is 19.0 Å². The van der Waals surface area contributed by atoms with Crippen LogP contribution in [-0.2, 0) is 14.4 Å². The van der Waals surface area contributed by atoms with E-state index in [2.05, 4.69) is 5.32 Å². The molecule has 3 aliphatic carbocycles. The summed E-state index contributed by atoms with van der Waals surface area (Å²) >= 11 is 0. The molecule has 6 unspecified atom stereocenters. The molecular weight excluding hydrogens is 524 g/mol. The van der Waals surface area contributed by atoms with Gasteiger partial charge in [-0.1, -0.05) is 13.0 Å². The first kappa shape index (κ1) is 29.5. The van der Waals surface area contributed by atoms with Crippen LogP contribution in [0.1, 0.15) is 24.0 Å². The molecule has 1 saturated carbocycles. The van der Waals surface area contributed by atoms with Crippen LogP contribution >= 0.6 is 0 Å². The topological polar surface area (TPSA) is 217 Å². The average Bonchev–Trinajstić information content (AvgIpc) is 2.86. The Labute approximate surface area is 230 Å². The number of hydrogen-bond donors (Lipinski definition) is 8. The van der Waals surface area contributed by atoms with Gasteiger partial charge in [0.2, 0.25) is 5.78 Å². The molecule has 40 heavy (non-hydrogen) atoms. The molecule has 1 amide bonds. The third-order valence-corrected chi connectivity index (χ3v) is 8.60. The van der Waals surface area contributed by atoms with Crippen molar-refractivity contribution in [2.45, 2.75) is 36.6 Å². The summed E-state index contributed by atoms with van der Waals surface area (Å²) in [6, 6.07) is 1.49. The van der Waals surface area contributed by atoms with Gasteiger partial charge in [0.25, 0.3) is 5.91 Å². The Morgan fingerprint density at radius 1 is 1.15 bits per heavy atom. The number of nitrogens with one attached hydrogen (secondary N) is 1. The minimum atomic E-state index is -2.96. The second kappa shape index (κ2) is 10.2. The summed E-state index contributed by atoms with van der Waals surface area (Å²) in [5.74, 6) is -9.37. The monoisotopic (exact) mass is 560 g/mol. The molecule has 3 aliphatic rings. The van der Waals surface area contributed by atoms with E-state index in [-0.39, 0.29) is 30.4 Å². The number of rotatable bonds is 7. The van der Waals surface area contributed by atoms with Crippen LogP contribution in [0.15, 0.2) is 29.0 Å². The summed E-state index contributed by atoms with van der Waals surface area (Å²) in [6.07, 6.45) is -1.65.